The normalized spacial score (nSPS) is 10.4. The number of ether oxygens (including phenoxy) is 2. The van der Waals surface area contributed by atoms with Crippen molar-refractivity contribution < 1.29 is 23.9 Å². The van der Waals surface area contributed by atoms with Crippen molar-refractivity contribution in [1.82, 2.24) is 14.5 Å². The number of aromatic nitrogens is 2. The van der Waals surface area contributed by atoms with Gasteiger partial charge in [0, 0.05) is 18.1 Å². The van der Waals surface area contributed by atoms with E-state index in [1.807, 2.05) is 36.7 Å². The van der Waals surface area contributed by atoms with Crippen molar-refractivity contribution in [3.05, 3.63) is 41.7 Å². The van der Waals surface area contributed by atoms with E-state index in [0.717, 1.165) is 21.7 Å². The minimum absolute atomic E-state index is 0.00972. The summed E-state index contributed by atoms with van der Waals surface area (Å²) in [5.41, 5.74) is 3.20. The van der Waals surface area contributed by atoms with Gasteiger partial charge in [-0.25, -0.2) is 4.98 Å². The van der Waals surface area contributed by atoms with Crippen molar-refractivity contribution >= 4 is 29.6 Å². The van der Waals surface area contributed by atoms with Crippen LogP contribution in [-0.2, 0) is 23.9 Å². The lowest BCUT2D eigenvalue weighted by Gasteiger charge is -2.20. The van der Waals surface area contributed by atoms with Gasteiger partial charge in [0.2, 0.25) is 5.91 Å². The van der Waals surface area contributed by atoms with E-state index in [1.165, 1.54) is 26.0 Å². The third-order valence-electron chi connectivity index (χ3n) is 3.86. The molecule has 1 aromatic carbocycles. The molecule has 2 rings (SSSR count). The smallest absolute Gasteiger partial charge is 0.325 e. The first-order valence-electron chi connectivity index (χ1n) is 8.50. The van der Waals surface area contributed by atoms with E-state index in [4.69, 9.17) is 0 Å². The van der Waals surface area contributed by atoms with E-state index in [2.05, 4.69) is 20.5 Å². The first-order chi connectivity index (χ1) is 13.3. The predicted molar refractivity (Wildman–Crippen MR) is 104 cm³/mol. The van der Waals surface area contributed by atoms with Crippen LogP contribution in [0.2, 0.25) is 0 Å². The van der Waals surface area contributed by atoms with Crippen LogP contribution < -0.4 is 0 Å². The molecule has 8 nitrogen and oxygen atoms in total. The second-order valence-corrected chi connectivity index (χ2v) is 7.06. The molecule has 1 heterocycles. The van der Waals surface area contributed by atoms with Gasteiger partial charge >= 0.3 is 11.9 Å². The molecule has 0 N–H and O–H groups in total. The van der Waals surface area contributed by atoms with E-state index < -0.39 is 17.8 Å². The number of methoxy groups -OCH3 is 2. The van der Waals surface area contributed by atoms with Gasteiger partial charge in [0.25, 0.3) is 0 Å². The van der Waals surface area contributed by atoms with Crippen LogP contribution in [0.15, 0.2) is 35.7 Å². The first kappa shape index (κ1) is 21.5. The first-order valence-corrected chi connectivity index (χ1v) is 9.48. The molecule has 0 atom stereocenters. The monoisotopic (exact) mass is 405 g/mol. The number of carbonyl (C=O) groups is 3. The molecule has 0 radical (unpaired) electrons. The average Bonchev–Trinajstić information content (AvgIpc) is 3.13. The summed E-state index contributed by atoms with van der Waals surface area (Å²) < 4.78 is 11.1. The summed E-state index contributed by atoms with van der Waals surface area (Å²) in [6.45, 7) is 3.38. The van der Waals surface area contributed by atoms with E-state index in [-0.39, 0.29) is 18.8 Å². The molecule has 2 aromatic rings. The molecule has 0 saturated carbocycles. The van der Waals surface area contributed by atoms with Gasteiger partial charge in [-0.1, -0.05) is 17.8 Å². The molecule has 0 aliphatic rings. The van der Waals surface area contributed by atoms with Crippen molar-refractivity contribution in [2.45, 2.75) is 19.0 Å². The number of thioether (sulfide) groups is 1. The van der Waals surface area contributed by atoms with Crippen molar-refractivity contribution in [3.8, 4) is 5.69 Å². The fourth-order valence-corrected chi connectivity index (χ4v) is 3.45. The number of imidazole rings is 1. The quantitative estimate of drug-likeness (QED) is 0.488. The molecule has 28 heavy (non-hydrogen) atoms. The highest BCUT2D eigenvalue weighted by atomic mass is 32.2. The number of esters is 2. The number of amides is 1. The summed E-state index contributed by atoms with van der Waals surface area (Å²) in [4.78, 5) is 41.0. The van der Waals surface area contributed by atoms with Gasteiger partial charge in [-0.15, -0.1) is 0 Å². The predicted octanol–water partition coefficient (Wildman–Crippen LogP) is 1.76. The minimum atomic E-state index is -0.612. The van der Waals surface area contributed by atoms with Crippen molar-refractivity contribution in [2.75, 3.05) is 33.1 Å². The molecule has 0 aliphatic heterocycles. The summed E-state index contributed by atoms with van der Waals surface area (Å²) in [6, 6.07) is 6.14. The molecular formula is C19H23N3O5S. The Morgan fingerprint density at radius 3 is 2.14 bits per heavy atom. The maximum Gasteiger partial charge on any atom is 0.325 e. The molecule has 0 unspecified atom stereocenters. The zero-order chi connectivity index (χ0) is 20.7. The molecule has 1 aromatic heterocycles. The van der Waals surface area contributed by atoms with Crippen LogP contribution >= 0.6 is 11.8 Å². The Bertz CT molecular complexity index is 827. The molecule has 0 fully saturated rings. The molecule has 9 heteroatoms. The lowest BCUT2D eigenvalue weighted by atomic mass is 10.1. The summed E-state index contributed by atoms with van der Waals surface area (Å²) >= 11 is 1.22. The zero-order valence-electron chi connectivity index (χ0n) is 16.3. The van der Waals surface area contributed by atoms with Crippen LogP contribution in [-0.4, -0.2) is 65.4 Å². The van der Waals surface area contributed by atoms with Crippen LogP contribution in [0, 0.1) is 13.8 Å². The number of rotatable bonds is 8. The Morgan fingerprint density at radius 1 is 1.04 bits per heavy atom. The highest BCUT2D eigenvalue weighted by molar-refractivity contribution is 7.99. The van der Waals surface area contributed by atoms with Gasteiger partial charge in [-0.3, -0.25) is 19.0 Å². The Balaban J connectivity index is 2.11. The number of hydrogen-bond acceptors (Lipinski definition) is 7. The number of benzene rings is 1. The third-order valence-corrected chi connectivity index (χ3v) is 4.82. The number of aryl methyl sites for hydroxylation is 2. The molecule has 1 amide bonds. The third kappa shape index (κ3) is 5.85. The summed E-state index contributed by atoms with van der Waals surface area (Å²) in [5, 5.41) is 0.634. The zero-order valence-corrected chi connectivity index (χ0v) is 17.1. The molecule has 150 valence electrons. The van der Waals surface area contributed by atoms with Crippen LogP contribution in [0.25, 0.3) is 5.69 Å². The van der Waals surface area contributed by atoms with Crippen LogP contribution in [0.3, 0.4) is 0 Å². The lowest BCUT2D eigenvalue weighted by Crippen LogP contribution is -2.41. The van der Waals surface area contributed by atoms with E-state index in [1.54, 1.807) is 6.20 Å². The summed E-state index contributed by atoms with van der Waals surface area (Å²) in [6.07, 6.45) is 3.48. The Hall–Kier alpha value is -2.81. The number of hydrogen-bond donors (Lipinski definition) is 0. The van der Waals surface area contributed by atoms with E-state index in [9.17, 15) is 14.4 Å². The molecule has 0 spiro atoms. The molecule has 0 saturated heterocycles. The second kappa shape index (κ2) is 9.93. The fraction of sp³-hybridized carbons (Fsp3) is 0.368. The van der Waals surface area contributed by atoms with Gasteiger partial charge in [-0.2, -0.15) is 0 Å². The minimum Gasteiger partial charge on any atom is -0.468 e. The van der Waals surface area contributed by atoms with Gasteiger partial charge < -0.3 is 14.4 Å². The fourth-order valence-electron chi connectivity index (χ4n) is 2.57. The van der Waals surface area contributed by atoms with E-state index >= 15 is 0 Å². The van der Waals surface area contributed by atoms with Gasteiger partial charge in [-0.05, 0) is 37.1 Å². The number of nitrogens with zero attached hydrogens (tertiary/aromatic N) is 3. The molecule has 0 bridgehead atoms. The SMILES string of the molecule is COC(=O)CN(CC(=O)OC)C(=O)CSc1nccn1-c1cc(C)cc(C)c1. The maximum absolute atomic E-state index is 12.5. The standard InChI is InChI=1S/C19H23N3O5S/c1-13-7-14(2)9-15(8-13)22-6-5-20-19(22)28-12-16(23)21(10-17(24)26-3)11-18(25)27-4/h5-9H,10-12H2,1-4H3. The van der Waals surface area contributed by atoms with Crippen molar-refractivity contribution in [1.29, 1.82) is 0 Å². The topological polar surface area (TPSA) is 90.7 Å². The highest BCUT2D eigenvalue weighted by Crippen LogP contribution is 2.22. The Morgan fingerprint density at radius 2 is 1.61 bits per heavy atom. The largest absolute Gasteiger partial charge is 0.468 e. The Kier molecular flexibility index (Phi) is 7.62. The lowest BCUT2D eigenvalue weighted by molar-refractivity contribution is -0.151. The Labute approximate surface area is 167 Å². The van der Waals surface area contributed by atoms with E-state index in [0.29, 0.717) is 5.16 Å². The summed E-state index contributed by atoms with van der Waals surface area (Å²) in [5.74, 6) is -1.61. The summed E-state index contributed by atoms with van der Waals surface area (Å²) in [7, 11) is 2.44. The van der Waals surface area contributed by atoms with Crippen molar-refractivity contribution in [3.63, 3.8) is 0 Å². The van der Waals surface area contributed by atoms with Gasteiger partial charge in [0.15, 0.2) is 5.16 Å². The van der Waals surface area contributed by atoms with Crippen molar-refractivity contribution in [2.24, 2.45) is 0 Å². The second-order valence-electron chi connectivity index (χ2n) is 6.12. The number of carbonyl (C=O) groups excluding carboxylic acids is 3. The molecule has 0 aliphatic carbocycles. The van der Waals surface area contributed by atoms with Gasteiger partial charge in [0.1, 0.15) is 13.1 Å². The average molecular weight is 405 g/mol. The molecular weight excluding hydrogens is 382 g/mol. The maximum atomic E-state index is 12.5. The van der Waals surface area contributed by atoms with Crippen LogP contribution in [0.5, 0.6) is 0 Å². The van der Waals surface area contributed by atoms with Crippen LogP contribution in [0.4, 0.5) is 0 Å². The van der Waals surface area contributed by atoms with Gasteiger partial charge in [0.05, 0.1) is 20.0 Å². The highest BCUT2D eigenvalue weighted by Gasteiger charge is 2.22. The van der Waals surface area contributed by atoms with Crippen LogP contribution in [0.1, 0.15) is 11.1 Å².